The highest BCUT2D eigenvalue weighted by Gasteiger charge is 2.09. The minimum absolute atomic E-state index is 0.259. The molecule has 1 heterocycles. The van der Waals surface area contributed by atoms with Crippen LogP contribution < -0.4 is 5.76 Å². The van der Waals surface area contributed by atoms with E-state index in [-0.39, 0.29) is 5.89 Å². The summed E-state index contributed by atoms with van der Waals surface area (Å²) in [6.45, 7) is 1.84. The SMILES string of the molecule is Cc1c(Cl)cccc1-c1n[nH]c(=O)o1. The van der Waals surface area contributed by atoms with E-state index >= 15 is 0 Å². The zero-order valence-corrected chi connectivity index (χ0v) is 8.13. The summed E-state index contributed by atoms with van der Waals surface area (Å²) in [7, 11) is 0. The molecule has 2 aromatic rings. The normalized spacial score (nSPS) is 10.4. The fourth-order valence-electron chi connectivity index (χ4n) is 1.18. The average Bonchev–Trinajstić information content (AvgIpc) is 2.57. The summed E-state index contributed by atoms with van der Waals surface area (Å²) in [4.78, 5) is 10.7. The molecule has 1 N–H and O–H groups in total. The van der Waals surface area contributed by atoms with Crippen LogP contribution in [0.2, 0.25) is 5.02 Å². The van der Waals surface area contributed by atoms with Crippen LogP contribution in [0.15, 0.2) is 27.4 Å². The number of hydrogen-bond acceptors (Lipinski definition) is 3. The molecule has 0 atom stereocenters. The van der Waals surface area contributed by atoms with Gasteiger partial charge in [0, 0.05) is 10.6 Å². The number of benzene rings is 1. The molecule has 2 rings (SSSR count). The summed E-state index contributed by atoms with van der Waals surface area (Å²) >= 11 is 5.91. The third kappa shape index (κ3) is 1.44. The van der Waals surface area contributed by atoms with Crippen molar-refractivity contribution in [2.75, 3.05) is 0 Å². The molecule has 4 nitrogen and oxygen atoms in total. The summed E-state index contributed by atoms with van der Waals surface area (Å²) in [5.41, 5.74) is 1.56. The second kappa shape index (κ2) is 3.31. The fourth-order valence-corrected chi connectivity index (χ4v) is 1.36. The number of H-pyrrole nitrogens is 1. The highest BCUT2D eigenvalue weighted by Crippen LogP contribution is 2.25. The van der Waals surface area contributed by atoms with Crippen LogP contribution in [0.1, 0.15) is 5.56 Å². The predicted octanol–water partition coefficient (Wildman–Crippen LogP) is 1.99. The molecule has 0 aliphatic rings. The largest absolute Gasteiger partial charge is 0.434 e. The lowest BCUT2D eigenvalue weighted by Crippen LogP contribution is -1.93. The summed E-state index contributed by atoms with van der Waals surface area (Å²) in [6, 6.07) is 5.34. The third-order valence-corrected chi connectivity index (χ3v) is 2.35. The molecular formula is C9H7ClN2O2. The van der Waals surface area contributed by atoms with Gasteiger partial charge in [0.25, 0.3) is 0 Å². The zero-order valence-electron chi connectivity index (χ0n) is 7.37. The standard InChI is InChI=1S/C9H7ClN2O2/c1-5-6(3-2-4-7(5)10)8-11-12-9(13)14-8/h2-4H,1H3,(H,12,13). The Kier molecular flexibility index (Phi) is 2.13. The first-order chi connectivity index (χ1) is 6.68. The molecule has 0 radical (unpaired) electrons. The van der Waals surface area contributed by atoms with Crippen LogP contribution >= 0.6 is 11.6 Å². The monoisotopic (exact) mass is 210 g/mol. The van der Waals surface area contributed by atoms with Crippen LogP contribution in [0.25, 0.3) is 11.5 Å². The van der Waals surface area contributed by atoms with Crippen molar-refractivity contribution >= 4 is 11.6 Å². The van der Waals surface area contributed by atoms with Crippen LogP contribution in [-0.4, -0.2) is 10.2 Å². The van der Waals surface area contributed by atoms with Gasteiger partial charge in [-0.25, -0.2) is 9.89 Å². The molecular weight excluding hydrogens is 204 g/mol. The maximum absolute atomic E-state index is 10.7. The van der Waals surface area contributed by atoms with Gasteiger partial charge in [-0.05, 0) is 24.6 Å². The molecule has 1 aromatic heterocycles. The molecule has 0 amide bonds. The highest BCUT2D eigenvalue weighted by atomic mass is 35.5. The Morgan fingerprint density at radius 3 is 2.93 bits per heavy atom. The number of nitrogens with zero attached hydrogens (tertiary/aromatic N) is 1. The molecule has 5 heteroatoms. The van der Waals surface area contributed by atoms with Crippen LogP contribution in [0.4, 0.5) is 0 Å². The van der Waals surface area contributed by atoms with E-state index in [0.29, 0.717) is 5.02 Å². The van der Waals surface area contributed by atoms with Gasteiger partial charge >= 0.3 is 5.76 Å². The number of rotatable bonds is 1. The van der Waals surface area contributed by atoms with Crippen LogP contribution in [0.3, 0.4) is 0 Å². The number of hydrogen-bond donors (Lipinski definition) is 1. The van der Waals surface area contributed by atoms with Crippen molar-refractivity contribution in [1.82, 2.24) is 10.2 Å². The highest BCUT2D eigenvalue weighted by molar-refractivity contribution is 6.31. The van der Waals surface area contributed by atoms with Crippen molar-refractivity contribution in [3.8, 4) is 11.5 Å². The lowest BCUT2D eigenvalue weighted by Gasteiger charge is -2.01. The maximum Gasteiger partial charge on any atom is 0.434 e. The van der Waals surface area contributed by atoms with Gasteiger partial charge in [0.2, 0.25) is 5.89 Å². The van der Waals surface area contributed by atoms with Crippen LogP contribution in [0.5, 0.6) is 0 Å². The van der Waals surface area contributed by atoms with E-state index in [1.165, 1.54) is 0 Å². The van der Waals surface area contributed by atoms with E-state index in [0.717, 1.165) is 11.1 Å². The molecule has 0 fully saturated rings. The summed E-state index contributed by atoms with van der Waals surface area (Å²) in [6.07, 6.45) is 0. The van der Waals surface area contributed by atoms with E-state index in [1.807, 2.05) is 6.92 Å². The van der Waals surface area contributed by atoms with E-state index in [9.17, 15) is 4.79 Å². The average molecular weight is 211 g/mol. The summed E-state index contributed by atoms with van der Waals surface area (Å²) < 4.78 is 4.82. The molecule has 0 unspecified atom stereocenters. The zero-order chi connectivity index (χ0) is 10.1. The molecule has 14 heavy (non-hydrogen) atoms. The molecule has 0 saturated carbocycles. The molecule has 1 aromatic carbocycles. The molecule has 0 aliphatic heterocycles. The predicted molar refractivity (Wildman–Crippen MR) is 52.3 cm³/mol. The Balaban J connectivity index is 2.62. The minimum atomic E-state index is -0.570. The number of aromatic nitrogens is 2. The van der Waals surface area contributed by atoms with Crippen LogP contribution in [0, 0.1) is 6.92 Å². The lowest BCUT2D eigenvalue weighted by atomic mass is 10.1. The second-order valence-electron chi connectivity index (χ2n) is 2.83. The van der Waals surface area contributed by atoms with Gasteiger partial charge < -0.3 is 4.42 Å². The smallest absolute Gasteiger partial charge is 0.388 e. The Labute approximate surface area is 84.5 Å². The molecule has 0 spiro atoms. The number of halogens is 1. The molecule has 0 saturated heterocycles. The summed E-state index contributed by atoms with van der Waals surface area (Å²) in [5.74, 6) is -0.311. The number of aromatic amines is 1. The van der Waals surface area contributed by atoms with Gasteiger partial charge in [-0.2, -0.15) is 0 Å². The Morgan fingerprint density at radius 1 is 1.50 bits per heavy atom. The summed E-state index contributed by atoms with van der Waals surface area (Å²) in [5, 5.41) is 6.54. The van der Waals surface area contributed by atoms with Crippen molar-refractivity contribution in [3.05, 3.63) is 39.3 Å². The molecule has 72 valence electrons. The van der Waals surface area contributed by atoms with Gasteiger partial charge in [-0.1, -0.05) is 17.7 Å². The third-order valence-electron chi connectivity index (χ3n) is 1.94. The first-order valence-corrected chi connectivity index (χ1v) is 4.37. The lowest BCUT2D eigenvalue weighted by molar-refractivity contribution is 0.526. The van der Waals surface area contributed by atoms with Gasteiger partial charge in [0.05, 0.1) is 0 Å². The molecule has 0 bridgehead atoms. The van der Waals surface area contributed by atoms with Crippen LogP contribution in [-0.2, 0) is 0 Å². The van der Waals surface area contributed by atoms with Gasteiger partial charge in [-0.3, -0.25) is 0 Å². The Bertz CT molecular complexity index is 516. The van der Waals surface area contributed by atoms with E-state index < -0.39 is 5.76 Å². The van der Waals surface area contributed by atoms with E-state index in [1.54, 1.807) is 18.2 Å². The van der Waals surface area contributed by atoms with Crippen molar-refractivity contribution in [1.29, 1.82) is 0 Å². The van der Waals surface area contributed by atoms with Gasteiger partial charge in [-0.15, -0.1) is 5.10 Å². The number of nitrogens with one attached hydrogen (secondary N) is 1. The van der Waals surface area contributed by atoms with Crippen molar-refractivity contribution in [2.24, 2.45) is 0 Å². The van der Waals surface area contributed by atoms with Crippen molar-refractivity contribution in [3.63, 3.8) is 0 Å². The first kappa shape index (κ1) is 9.02. The first-order valence-electron chi connectivity index (χ1n) is 3.99. The minimum Gasteiger partial charge on any atom is -0.388 e. The second-order valence-corrected chi connectivity index (χ2v) is 3.24. The Hall–Kier alpha value is -1.55. The van der Waals surface area contributed by atoms with E-state index in [2.05, 4.69) is 10.2 Å². The van der Waals surface area contributed by atoms with Crippen molar-refractivity contribution in [2.45, 2.75) is 6.92 Å². The quantitative estimate of drug-likeness (QED) is 0.783. The van der Waals surface area contributed by atoms with E-state index in [4.69, 9.17) is 16.0 Å². The Morgan fingerprint density at radius 2 is 2.29 bits per heavy atom. The molecule has 0 aliphatic carbocycles. The maximum atomic E-state index is 10.7. The topological polar surface area (TPSA) is 58.9 Å². The van der Waals surface area contributed by atoms with Gasteiger partial charge in [0.1, 0.15) is 0 Å². The fraction of sp³-hybridized carbons (Fsp3) is 0.111. The van der Waals surface area contributed by atoms with Gasteiger partial charge in [0.15, 0.2) is 0 Å². The van der Waals surface area contributed by atoms with Crippen molar-refractivity contribution < 1.29 is 4.42 Å².